The van der Waals surface area contributed by atoms with Crippen molar-refractivity contribution >= 4 is 29.0 Å². The third-order valence-electron chi connectivity index (χ3n) is 4.16. The van der Waals surface area contributed by atoms with Gasteiger partial charge in [-0.15, -0.1) is 11.3 Å². The first-order chi connectivity index (χ1) is 12.8. The van der Waals surface area contributed by atoms with Gasteiger partial charge >= 0.3 is 5.97 Å². The first-order valence-electron chi connectivity index (χ1n) is 8.89. The lowest BCUT2D eigenvalue weighted by molar-refractivity contribution is -0.154. The van der Waals surface area contributed by atoms with Crippen LogP contribution in [0.25, 0.3) is 0 Å². The molecule has 1 amide bonds. The zero-order chi connectivity index (χ0) is 20.0. The molecule has 2 rings (SSSR count). The molecule has 0 fully saturated rings. The minimum atomic E-state index is -0.900. The Morgan fingerprint density at radius 1 is 1.07 bits per heavy atom. The normalized spacial score (nSPS) is 11.7. The van der Waals surface area contributed by atoms with Crippen molar-refractivity contribution in [3.05, 3.63) is 56.8 Å². The Morgan fingerprint density at radius 2 is 1.74 bits per heavy atom. The molecule has 5 nitrogen and oxygen atoms in total. The van der Waals surface area contributed by atoms with Crippen molar-refractivity contribution in [3.8, 4) is 0 Å². The second-order valence-corrected chi connectivity index (χ2v) is 8.05. The highest BCUT2D eigenvalue weighted by molar-refractivity contribution is 7.12. The van der Waals surface area contributed by atoms with Crippen LogP contribution in [-0.2, 0) is 20.9 Å². The van der Waals surface area contributed by atoms with Crippen LogP contribution in [0, 0.1) is 20.8 Å². The molecule has 1 N–H and O–H groups in total. The highest BCUT2D eigenvalue weighted by atomic mass is 32.1. The van der Waals surface area contributed by atoms with Crippen LogP contribution in [0.2, 0.25) is 0 Å². The Hall–Kier alpha value is -2.47. The zero-order valence-electron chi connectivity index (χ0n) is 16.1. The number of benzene rings is 1. The lowest BCUT2D eigenvalue weighted by Crippen LogP contribution is -2.35. The SMILES string of the molecule is Cc1ccc(CNC(=O)C(C)OC(=O)CCC(=O)c2cc(C)sc2C)cc1. The van der Waals surface area contributed by atoms with E-state index in [1.54, 1.807) is 11.3 Å². The molecule has 0 bridgehead atoms. The van der Waals surface area contributed by atoms with Gasteiger partial charge in [0.05, 0.1) is 6.42 Å². The number of ketones is 1. The van der Waals surface area contributed by atoms with E-state index < -0.39 is 12.1 Å². The van der Waals surface area contributed by atoms with Gasteiger partial charge in [-0.2, -0.15) is 0 Å². The van der Waals surface area contributed by atoms with Crippen molar-refractivity contribution < 1.29 is 19.1 Å². The van der Waals surface area contributed by atoms with Crippen molar-refractivity contribution in [1.29, 1.82) is 0 Å². The molecule has 1 aromatic carbocycles. The van der Waals surface area contributed by atoms with E-state index in [9.17, 15) is 14.4 Å². The minimum Gasteiger partial charge on any atom is -0.453 e. The predicted octanol–water partition coefficient (Wildman–Crippen LogP) is 3.88. The monoisotopic (exact) mass is 387 g/mol. The molecule has 1 aromatic heterocycles. The van der Waals surface area contributed by atoms with Crippen LogP contribution >= 0.6 is 11.3 Å². The molecule has 0 radical (unpaired) electrons. The van der Waals surface area contributed by atoms with Gasteiger partial charge in [0.25, 0.3) is 5.91 Å². The third kappa shape index (κ3) is 6.32. The molecule has 0 saturated heterocycles. The molecule has 1 atom stereocenters. The standard InChI is InChI=1S/C21H25NO4S/c1-13-5-7-17(8-6-13)12-22-21(25)15(3)26-20(24)10-9-19(23)18-11-14(2)27-16(18)4/h5-8,11,15H,9-10,12H2,1-4H3,(H,22,25). The topological polar surface area (TPSA) is 72.5 Å². The zero-order valence-corrected chi connectivity index (χ0v) is 16.9. The van der Waals surface area contributed by atoms with Crippen LogP contribution in [0.5, 0.6) is 0 Å². The summed E-state index contributed by atoms with van der Waals surface area (Å²) in [6, 6.07) is 9.66. The predicted molar refractivity (Wildman–Crippen MR) is 106 cm³/mol. The second-order valence-electron chi connectivity index (χ2n) is 6.59. The van der Waals surface area contributed by atoms with Crippen molar-refractivity contribution in [2.75, 3.05) is 0 Å². The molecule has 1 heterocycles. The lowest BCUT2D eigenvalue weighted by atomic mass is 10.1. The van der Waals surface area contributed by atoms with Crippen molar-refractivity contribution in [1.82, 2.24) is 5.32 Å². The fourth-order valence-corrected chi connectivity index (χ4v) is 3.55. The molecule has 0 aliphatic rings. The van der Waals surface area contributed by atoms with Crippen LogP contribution < -0.4 is 5.32 Å². The van der Waals surface area contributed by atoms with Crippen molar-refractivity contribution in [3.63, 3.8) is 0 Å². The number of nitrogens with one attached hydrogen (secondary N) is 1. The van der Waals surface area contributed by atoms with Gasteiger partial charge in [-0.3, -0.25) is 14.4 Å². The van der Waals surface area contributed by atoms with Crippen molar-refractivity contribution in [2.45, 2.75) is 53.2 Å². The first-order valence-corrected chi connectivity index (χ1v) is 9.71. The number of hydrogen-bond acceptors (Lipinski definition) is 5. The fraction of sp³-hybridized carbons (Fsp3) is 0.381. The smallest absolute Gasteiger partial charge is 0.307 e. The summed E-state index contributed by atoms with van der Waals surface area (Å²) < 4.78 is 5.14. The summed E-state index contributed by atoms with van der Waals surface area (Å²) in [4.78, 5) is 38.2. The van der Waals surface area contributed by atoms with Crippen molar-refractivity contribution in [2.24, 2.45) is 0 Å². The summed E-state index contributed by atoms with van der Waals surface area (Å²) in [6.07, 6.45) is -0.862. The number of amides is 1. The van der Waals surface area contributed by atoms with Crippen LogP contribution in [-0.4, -0.2) is 23.8 Å². The van der Waals surface area contributed by atoms with Gasteiger partial charge in [-0.25, -0.2) is 0 Å². The van der Waals surface area contributed by atoms with Gasteiger partial charge in [0, 0.05) is 28.3 Å². The van der Waals surface area contributed by atoms with Gasteiger partial charge in [-0.05, 0) is 39.3 Å². The molecular formula is C21H25NO4S. The van der Waals surface area contributed by atoms with Crippen LogP contribution in [0.4, 0.5) is 0 Å². The number of aryl methyl sites for hydroxylation is 3. The molecule has 6 heteroatoms. The minimum absolute atomic E-state index is 0.0389. The van der Waals surface area contributed by atoms with E-state index in [0.29, 0.717) is 12.1 Å². The molecule has 144 valence electrons. The maximum Gasteiger partial charge on any atom is 0.307 e. The molecule has 2 aromatic rings. The number of rotatable bonds is 8. The van der Waals surface area contributed by atoms with Gasteiger partial charge in [0.1, 0.15) is 0 Å². The Morgan fingerprint density at radius 3 is 2.33 bits per heavy atom. The second kappa shape index (κ2) is 9.46. The Balaban J connectivity index is 1.75. The number of Topliss-reactive ketones (excluding diaryl/α,β-unsaturated/α-hetero) is 1. The summed E-state index contributed by atoms with van der Waals surface area (Å²) in [5, 5.41) is 2.74. The number of carbonyl (C=O) groups is 3. The van der Waals surface area contributed by atoms with Gasteiger partial charge in [0.15, 0.2) is 11.9 Å². The Bertz CT molecular complexity index is 823. The Kier molecular flexibility index (Phi) is 7.30. The summed E-state index contributed by atoms with van der Waals surface area (Å²) in [7, 11) is 0. The number of hydrogen-bond donors (Lipinski definition) is 1. The van der Waals surface area contributed by atoms with Crippen LogP contribution in [0.15, 0.2) is 30.3 Å². The number of esters is 1. The van der Waals surface area contributed by atoms with E-state index in [-0.39, 0.29) is 24.5 Å². The van der Waals surface area contributed by atoms with Crippen LogP contribution in [0.3, 0.4) is 0 Å². The number of carbonyl (C=O) groups excluding carboxylic acids is 3. The van der Waals surface area contributed by atoms with E-state index >= 15 is 0 Å². The molecule has 0 aliphatic heterocycles. The first kappa shape index (κ1) is 20.8. The molecule has 1 unspecified atom stereocenters. The highest BCUT2D eigenvalue weighted by Crippen LogP contribution is 2.22. The van der Waals surface area contributed by atoms with E-state index in [1.165, 1.54) is 6.92 Å². The van der Waals surface area contributed by atoms with Gasteiger partial charge < -0.3 is 10.1 Å². The number of thiophene rings is 1. The third-order valence-corrected chi connectivity index (χ3v) is 5.13. The van der Waals surface area contributed by atoms with E-state index in [2.05, 4.69) is 5.32 Å². The van der Waals surface area contributed by atoms with E-state index in [0.717, 1.165) is 20.9 Å². The van der Waals surface area contributed by atoms with E-state index in [4.69, 9.17) is 4.74 Å². The average molecular weight is 388 g/mol. The van der Waals surface area contributed by atoms with Gasteiger partial charge in [-0.1, -0.05) is 29.8 Å². The largest absolute Gasteiger partial charge is 0.453 e. The maximum atomic E-state index is 12.2. The fourth-order valence-electron chi connectivity index (χ4n) is 2.61. The number of ether oxygens (including phenoxy) is 1. The highest BCUT2D eigenvalue weighted by Gasteiger charge is 2.19. The summed E-state index contributed by atoms with van der Waals surface area (Å²) >= 11 is 1.56. The molecule has 27 heavy (non-hydrogen) atoms. The summed E-state index contributed by atoms with van der Waals surface area (Å²) in [5.74, 6) is -0.990. The lowest BCUT2D eigenvalue weighted by Gasteiger charge is -2.13. The quantitative estimate of drug-likeness (QED) is 0.551. The summed E-state index contributed by atoms with van der Waals surface area (Å²) in [5.41, 5.74) is 2.78. The van der Waals surface area contributed by atoms with Crippen LogP contribution in [0.1, 0.15) is 51.0 Å². The summed E-state index contributed by atoms with van der Waals surface area (Å²) in [6.45, 7) is 7.73. The molecule has 0 spiro atoms. The molecular weight excluding hydrogens is 362 g/mol. The Labute approximate surface area is 163 Å². The van der Waals surface area contributed by atoms with Gasteiger partial charge in [0.2, 0.25) is 0 Å². The molecule has 0 saturated carbocycles. The molecule has 0 aliphatic carbocycles. The van der Waals surface area contributed by atoms with E-state index in [1.807, 2.05) is 51.1 Å². The maximum absolute atomic E-state index is 12.2. The average Bonchev–Trinajstić information content (AvgIpc) is 2.97.